The fourth-order valence-corrected chi connectivity index (χ4v) is 2.88. The minimum Gasteiger partial charge on any atom is -0.497 e. The van der Waals surface area contributed by atoms with E-state index in [-0.39, 0.29) is 0 Å². The summed E-state index contributed by atoms with van der Waals surface area (Å²) in [5.74, 6) is -0.283. The third-order valence-electron chi connectivity index (χ3n) is 4.27. The summed E-state index contributed by atoms with van der Waals surface area (Å²) >= 11 is 0. The van der Waals surface area contributed by atoms with Gasteiger partial charge in [0.25, 0.3) is 0 Å². The Morgan fingerprint density at radius 2 is 1.92 bits per heavy atom. The van der Waals surface area contributed by atoms with Crippen LogP contribution in [0.5, 0.6) is 5.75 Å². The molecule has 5 nitrogen and oxygen atoms in total. The molecule has 0 saturated heterocycles. The number of carboxylic acids is 1. The van der Waals surface area contributed by atoms with Crippen LogP contribution in [0.4, 0.5) is 0 Å². The van der Waals surface area contributed by atoms with E-state index < -0.39 is 12.1 Å². The van der Waals surface area contributed by atoms with Crippen molar-refractivity contribution in [2.24, 2.45) is 5.73 Å². The first-order valence-corrected chi connectivity index (χ1v) is 8.38. The average molecular weight is 343 g/mol. The maximum absolute atomic E-state index is 10.2. The molecule has 1 aliphatic rings. The molecule has 1 unspecified atom stereocenters. The molecule has 0 saturated carbocycles. The Morgan fingerprint density at radius 1 is 1.20 bits per heavy atom. The van der Waals surface area contributed by atoms with Crippen LogP contribution in [0.1, 0.15) is 35.6 Å². The molecule has 2 atom stereocenters. The fourth-order valence-electron chi connectivity index (χ4n) is 2.88. The molecule has 2 aromatic rings. The van der Waals surface area contributed by atoms with Crippen LogP contribution < -0.4 is 10.5 Å². The van der Waals surface area contributed by atoms with Crippen molar-refractivity contribution in [3.8, 4) is 5.75 Å². The first-order valence-electron chi connectivity index (χ1n) is 8.38. The lowest BCUT2D eigenvalue weighted by atomic mass is 10.0. The quantitative estimate of drug-likeness (QED) is 0.745. The summed E-state index contributed by atoms with van der Waals surface area (Å²) in [6, 6.07) is 14.9. The van der Waals surface area contributed by atoms with Crippen LogP contribution in [0.25, 0.3) is 0 Å². The number of aliphatic hydroxyl groups is 1. The van der Waals surface area contributed by atoms with Gasteiger partial charge in [0.1, 0.15) is 5.75 Å². The van der Waals surface area contributed by atoms with E-state index in [1.54, 1.807) is 37.4 Å². The van der Waals surface area contributed by atoms with Crippen molar-refractivity contribution in [3.63, 3.8) is 0 Å². The Labute approximate surface area is 148 Å². The van der Waals surface area contributed by atoms with Gasteiger partial charge in [0.05, 0.1) is 7.11 Å². The Kier molecular flexibility index (Phi) is 6.98. The van der Waals surface area contributed by atoms with Crippen molar-refractivity contribution in [1.82, 2.24) is 0 Å². The molecule has 0 bridgehead atoms. The maximum Gasteiger partial charge on any atom is 0.337 e. The summed E-state index contributed by atoms with van der Waals surface area (Å²) in [4.78, 5) is 10.2. The summed E-state index contributed by atoms with van der Waals surface area (Å²) in [7, 11) is 1.71. The second kappa shape index (κ2) is 9.20. The number of hydrogen-bond acceptors (Lipinski definition) is 4. The number of aryl methyl sites for hydroxylation is 1. The highest BCUT2D eigenvalue weighted by Gasteiger charge is 2.14. The molecule has 0 amide bonds. The largest absolute Gasteiger partial charge is 0.497 e. The second-order valence-corrected chi connectivity index (χ2v) is 6.14. The molecule has 134 valence electrons. The molecule has 0 aliphatic heterocycles. The van der Waals surface area contributed by atoms with Gasteiger partial charge in [-0.05, 0) is 54.5 Å². The molecule has 0 spiro atoms. The van der Waals surface area contributed by atoms with Crippen LogP contribution >= 0.6 is 0 Å². The summed E-state index contributed by atoms with van der Waals surface area (Å²) in [5.41, 5.74) is 9.22. The standard InChI is InChI=1S/C12H17NO.C8H8O3/c1-14-12-6-5-9-3-2-4-11(13)7-10(9)8-12;9-7(8(10)11)6-4-2-1-3-5-6/h5-6,8,11H,2-4,7,13H2,1H3;1-5,7,9H,(H,10,11)/t11-;/m0./s1. The molecular formula is C20H25NO4. The van der Waals surface area contributed by atoms with Crippen LogP contribution in [0, 0.1) is 0 Å². The zero-order chi connectivity index (χ0) is 18.2. The van der Waals surface area contributed by atoms with Gasteiger partial charge in [0.15, 0.2) is 6.10 Å². The molecule has 3 rings (SSSR count). The van der Waals surface area contributed by atoms with Crippen molar-refractivity contribution < 1.29 is 19.7 Å². The van der Waals surface area contributed by atoms with Crippen LogP contribution in [0.3, 0.4) is 0 Å². The summed E-state index contributed by atoms with van der Waals surface area (Å²) in [5, 5.41) is 17.4. The van der Waals surface area contributed by atoms with E-state index >= 15 is 0 Å². The van der Waals surface area contributed by atoms with E-state index in [9.17, 15) is 4.79 Å². The minimum absolute atomic E-state index is 0.323. The highest BCUT2D eigenvalue weighted by Crippen LogP contribution is 2.24. The lowest BCUT2D eigenvalue weighted by Gasteiger charge is -2.10. The van der Waals surface area contributed by atoms with Gasteiger partial charge in [-0.3, -0.25) is 0 Å². The second-order valence-electron chi connectivity index (χ2n) is 6.14. The van der Waals surface area contributed by atoms with Crippen LogP contribution in [-0.2, 0) is 17.6 Å². The molecule has 4 N–H and O–H groups in total. The predicted octanol–water partition coefficient (Wildman–Crippen LogP) is 2.71. The van der Waals surface area contributed by atoms with Gasteiger partial charge < -0.3 is 20.7 Å². The topological polar surface area (TPSA) is 92.8 Å². The Bertz CT molecular complexity index is 687. The van der Waals surface area contributed by atoms with E-state index in [4.69, 9.17) is 20.7 Å². The number of hydrogen-bond donors (Lipinski definition) is 3. The third kappa shape index (κ3) is 5.59. The van der Waals surface area contributed by atoms with Gasteiger partial charge in [0, 0.05) is 6.04 Å². The van der Waals surface area contributed by atoms with E-state index in [0.29, 0.717) is 11.6 Å². The van der Waals surface area contributed by atoms with Crippen LogP contribution in [0.15, 0.2) is 48.5 Å². The van der Waals surface area contributed by atoms with Crippen molar-refractivity contribution in [1.29, 1.82) is 0 Å². The molecule has 0 radical (unpaired) electrons. The molecule has 5 heteroatoms. The number of aliphatic carboxylic acids is 1. The molecule has 2 aromatic carbocycles. The van der Waals surface area contributed by atoms with Gasteiger partial charge >= 0.3 is 5.97 Å². The molecule has 0 fully saturated rings. The smallest absolute Gasteiger partial charge is 0.337 e. The van der Waals surface area contributed by atoms with E-state index in [1.165, 1.54) is 17.5 Å². The molecular weight excluding hydrogens is 318 g/mol. The van der Waals surface area contributed by atoms with E-state index in [1.807, 2.05) is 6.07 Å². The van der Waals surface area contributed by atoms with Crippen molar-refractivity contribution in [3.05, 3.63) is 65.2 Å². The van der Waals surface area contributed by atoms with Crippen molar-refractivity contribution >= 4 is 5.97 Å². The highest BCUT2D eigenvalue weighted by molar-refractivity contribution is 5.73. The summed E-state index contributed by atoms with van der Waals surface area (Å²) < 4.78 is 5.22. The molecule has 0 heterocycles. The highest BCUT2D eigenvalue weighted by atomic mass is 16.5. The van der Waals surface area contributed by atoms with Gasteiger partial charge in [-0.15, -0.1) is 0 Å². The van der Waals surface area contributed by atoms with Crippen LogP contribution in [0.2, 0.25) is 0 Å². The zero-order valence-corrected chi connectivity index (χ0v) is 14.4. The third-order valence-corrected chi connectivity index (χ3v) is 4.27. The number of aliphatic hydroxyl groups excluding tert-OH is 1. The lowest BCUT2D eigenvalue weighted by Crippen LogP contribution is -2.21. The first kappa shape index (κ1) is 19.0. The lowest BCUT2D eigenvalue weighted by molar-refractivity contribution is -0.146. The van der Waals surface area contributed by atoms with Gasteiger partial charge in [0.2, 0.25) is 0 Å². The zero-order valence-electron chi connectivity index (χ0n) is 14.4. The van der Waals surface area contributed by atoms with Crippen molar-refractivity contribution in [2.45, 2.75) is 37.8 Å². The number of benzene rings is 2. The number of nitrogens with two attached hydrogens (primary N) is 1. The minimum atomic E-state index is -1.41. The Morgan fingerprint density at radius 3 is 2.56 bits per heavy atom. The fraction of sp³-hybridized carbons (Fsp3) is 0.350. The average Bonchev–Trinajstić information content (AvgIpc) is 2.82. The number of methoxy groups -OCH3 is 1. The van der Waals surface area contributed by atoms with Gasteiger partial charge in [-0.2, -0.15) is 0 Å². The van der Waals surface area contributed by atoms with Crippen LogP contribution in [-0.4, -0.2) is 29.3 Å². The molecule has 0 aromatic heterocycles. The normalized spacial score (nSPS) is 17.3. The SMILES string of the molecule is COc1ccc2c(c1)C[C@@H](N)CCC2.O=C(O)C(O)c1ccccc1. The van der Waals surface area contributed by atoms with Crippen molar-refractivity contribution in [2.75, 3.05) is 7.11 Å². The number of carboxylic acid groups (broad SMARTS) is 1. The van der Waals surface area contributed by atoms with E-state index in [0.717, 1.165) is 25.0 Å². The monoisotopic (exact) mass is 343 g/mol. The predicted molar refractivity (Wildman–Crippen MR) is 96.6 cm³/mol. The number of rotatable bonds is 3. The summed E-state index contributed by atoms with van der Waals surface area (Å²) in [6.45, 7) is 0. The van der Waals surface area contributed by atoms with Gasteiger partial charge in [-0.1, -0.05) is 36.4 Å². The van der Waals surface area contributed by atoms with E-state index in [2.05, 4.69) is 12.1 Å². The molecule has 1 aliphatic carbocycles. The van der Waals surface area contributed by atoms with Gasteiger partial charge in [-0.25, -0.2) is 4.79 Å². The number of ether oxygens (including phenoxy) is 1. The first-order chi connectivity index (χ1) is 12.0. The molecule has 25 heavy (non-hydrogen) atoms. The Balaban J connectivity index is 0.000000186. The summed E-state index contributed by atoms with van der Waals surface area (Å²) in [6.07, 6.45) is 3.09. The Hall–Kier alpha value is -2.37. The number of carbonyl (C=O) groups is 1. The maximum atomic E-state index is 10.2. The number of fused-ring (bicyclic) bond motifs is 1.